The highest BCUT2D eigenvalue weighted by Gasteiger charge is 2.31. The molecule has 1 rings (SSSR count). The summed E-state index contributed by atoms with van der Waals surface area (Å²) >= 11 is 5.16. The van der Waals surface area contributed by atoms with E-state index in [0.717, 1.165) is 6.07 Å². The van der Waals surface area contributed by atoms with Gasteiger partial charge >= 0.3 is 6.36 Å². The van der Waals surface area contributed by atoms with Crippen LogP contribution in [0.2, 0.25) is 0 Å². The molecule has 0 aromatic heterocycles. The summed E-state index contributed by atoms with van der Waals surface area (Å²) in [7, 11) is 0. The molecule has 0 aliphatic heterocycles. The smallest absolute Gasteiger partial charge is 0.404 e. The Morgan fingerprint density at radius 3 is 2.38 bits per heavy atom. The van der Waals surface area contributed by atoms with Crippen molar-refractivity contribution in [3.05, 3.63) is 24.3 Å². The molecule has 0 atom stereocenters. The molecule has 1 aromatic carbocycles. The predicted octanol–water partition coefficient (Wildman–Crippen LogP) is 3.15. The topological polar surface area (TPSA) is 21.3 Å². The lowest BCUT2D eigenvalue weighted by Gasteiger charge is -2.11. The van der Waals surface area contributed by atoms with Crippen LogP contribution in [-0.2, 0) is 0 Å². The molecule has 13 heavy (non-hydrogen) atoms. The first-order valence-corrected chi connectivity index (χ1v) is 3.62. The summed E-state index contributed by atoms with van der Waals surface area (Å²) in [6.07, 6.45) is -4.70. The van der Waals surface area contributed by atoms with E-state index < -0.39 is 6.36 Å². The zero-order valence-electron chi connectivity index (χ0n) is 6.23. The molecule has 0 fully saturated rings. The van der Waals surface area contributed by atoms with Gasteiger partial charge in [-0.25, -0.2) is 0 Å². The Labute approximate surface area is 77.4 Å². The lowest BCUT2D eigenvalue weighted by Crippen LogP contribution is -2.17. The monoisotopic (exact) mass is 211 g/mol. The van der Waals surface area contributed by atoms with Crippen LogP contribution >= 0.6 is 11.8 Å². The van der Waals surface area contributed by atoms with Crippen molar-refractivity contribution in [2.75, 3.05) is 4.84 Å². The minimum atomic E-state index is -4.70. The van der Waals surface area contributed by atoms with Gasteiger partial charge in [0.1, 0.15) is 0 Å². The summed E-state index contributed by atoms with van der Waals surface area (Å²) in [6, 6.07) is 5.49. The fourth-order valence-corrected chi connectivity index (χ4v) is 0.915. The summed E-state index contributed by atoms with van der Waals surface area (Å²) in [5, 5.41) is 0. The van der Waals surface area contributed by atoms with Gasteiger partial charge in [0.25, 0.3) is 0 Å². The van der Waals surface area contributed by atoms with Crippen molar-refractivity contribution in [3.63, 3.8) is 0 Å². The molecule has 0 unspecified atom stereocenters. The number of nitrogens with one attached hydrogen (secondary N) is 1. The van der Waals surface area contributed by atoms with Crippen LogP contribution in [0, 0.1) is 0 Å². The number of alkyl halides is 3. The first-order chi connectivity index (χ1) is 6.03. The third-order valence-corrected chi connectivity index (χ3v) is 1.42. The molecule has 0 aliphatic rings. The number of hydrogen-bond donors (Lipinski definition) is 1. The van der Waals surface area contributed by atoms with Crippen molar-refractivity contribution in [1.82, 2.24) is 0 Å². The van der Waals surface area contributed by atoms with E-state index in [2.05, 4.69) is 9.57 Å². The number of halogens is 4. The molecule has 0 aliphatic carbocycles. The van der Waals surface area contributed by atoms with Gasteiger partial charge in [-0.2, -0.15) is 0 Å². The molecule has 1 N–H and O–H groups in total. The fourth-order valence-electron chi connectivity index (χ4n) is 0.758. The minimum Gasteiger partial charge on any atom is -0.404 e. The highest BCUT2D eigenvalue weighted by molar-refractivity contribution is 6.24. The van der Waals surface area contributed by atoms with Crippen molar-refractivity contribution < 1.29 is 17.9 Å². The molecular formula is C7H5ClF3NO. The average Bonchev–Trinajstić information content (AvgIpc) is 2.02. The van der Waals surface area contributed by atoms with Crippen LogP contribution in [0.25, 0.3) is 0 Å². The maximum atomic E-state index is 11.8. The SMILES string of the molecule is FC(F)(F)Oc1ccccc1NCl. The Morgan fingerprint density at radius 1 is 1.23 bits per heavy atom. The van der Waals surface area contributed by atoms with Crippen LogP contribution in [0.5, 0.6) is 5.75 Å². The number of para-hydroxylation sites is 2. The maximum absolute atomic E-state index is 11.8. The van der Waals surface area contributed by atoms with Crippen molar-refractivity contribution in [1.29, 1.82) is 0 Å². The van der Waals surface area contributed by atoms with Gasteiger partial charge in [0.05, 0.1) is 5.69 Å². The fraction of sp³-hybridized carbons (Fsp3) is 0.143. The Bertz CT molecular complexity index is 289. The standard InChI is InChI=1S/C7H5ClF3NO/c8-12-5-3-1-2-4-6(5)13-7(9,10)11/h1-4,12H. The first-order valence-electron chi connectivity index (χ1n) is 3.24. The highest BCUT2D eigenvalue weighted by Crippen LogP contribution is 2.29. The van der Waals surface area contributed by atoms with E-state index in [1.54, 1.807) is 0 Å². The van der Waals surface area contributed by atoms with Gasteiger partial charge < -0.3 is 4.74 Å². The average molecular weight is 212 g/mol. The van der Waals surface area contributed by atoms with E-state index in [1.807, 2.05) is 0 Å². The molecule has 0 bridgehead atoms. The highest BCUT2D eigenvalue weighted by atomic mass is 35.5. The number of ether oxygens (including phenoxy) is 1. The van der Waals surface area contributed by atoms with Crippen molar-refractivity contribution in [3.8, 4) is 5.75 Å². The van der Waals surface area contributed by atoms with Crippen molar-refractivity contribution >= 4 is 17.5 Å². The second-order valence-corrected chi connectivity index (χ2v) is 2.33. The Hall–Kier alpha value is -1.10. The number of hydrogen-bond acceptors (Lipinski definition) is 2. The molecule has 0 amide bonds. The largest absolute Gasteiger partial charge is 0.573 e. The van der Waals surface area contributed by atoms with Gasteiger partial charge in [0.15, 0.2) is 5.75 Å². The second kappa shape index (κ2) is 3.74. The van der Waals surface area contributed by atoms with Crippen molar-refractivity contribution in [2.24, 2.45) is 0 Å². The van der Waals surface area contributed by atoms with Gasteiger partial charge in [-0.15, -0.1) is 13.2 Å². The molecule has 1 aromatic rings. The molecule has 72 valence electrons. The van der Waals surface area contributed by atoms with Crippen LogP contribution in [0.3, 0.4) is 0 Å². The molecule has 6 heteroatoms. The minimum absolute atomic E-state index is 0.0708. The van der Waals surface area contributed by atoms with E-state index >= 15 is 0 Å². The summed E-state index contributed by atoms with van der Waals surface area (Å²) in [4.78, 5) is 2.07. The van der Waals surface area contributed by atoms with Crippen LogP contribution in [0.15, 0.2) is 24.3 Å². The van der Waals surface area contributed by atoms with Gasteiger partial charge in [0.2, 0.25) is 0 Å². The third kappa shape index (κ3) is 3.02. The van der Waals surface area contributed by atoms with E-state index in [0.29, 0.717) is 0 Å². The van der Waals surface area contributed by atoms with Crippen molar-refractivity contribution in [2.45, 2.75) is 6.36 Å². The predicted molar refractivity (Wildman–Crippen MR) is 42.6 cm³/mol. The zero-order chi connectivity index (χ0) is 9.90. The number of anilines is 1. The Kier molecular flexibility index (Phi) is 2.87. The quantitative estimate of drug-likeness (QED) is 0.759. The maximum Gasteiger partial charge on any atom is 0.573 e. The zero-order valence-corrected chi connectivity index (χ0v) is 6.99. The van der Waals surface area contributed by atoms with Crippen LogP contribution in [-0.4, -0.2) is 6.36 Å². The summed E-state index contributed by atoms with van der Waals surface area (Å²) < 4.78 is 39.0. The summed E-state index contributed by atoms with van der Waals surface area (Å²) in [5.41, 5.74) is 0.0708. The lowest BCUT2D eigenvalue weighted by molar-refractivity contribution is -0.274. The summed E-state index contributed by atoms with van der Waals surface area (Å²) in [5.74, 6) is -0.356. The Morgan fingerprint density at radius 2 is 1.85 bits per heavy atom. The molecule has 0 heterocycles. The van der Waals surface area contributed by atoms with E-state index in [9.17, 15) is 13.2 Å². The number of rotatable bonds is 2. The lowest BCUT2D eigenvalue weighted by atomic mass is 10.3. The molecule has 0 radical (unpaired) electrons. The van der Waals surface area contributed by atoms with E-state index in [-0.39, 0.29) is 11.4 Å². The molecule has 0 spiro atoms. The number of benzene rings is 1. The normalized spacial score (nSPS) is 11.1. The van der Waals surface area contributed by atoms with E-state index in [4.69, 9.17) is 11.8 Å². The van der Waals surface area contributed by atoms with Crippen LogP contribution in [0.4, 0.5) is 18.9 Å². The van der Waals surface area contributed by atoms with Crippen LogP contribution in [0.1, 0.15) is 0 Å². The van der Waals surface area contributed by atoms with E-state index in [1.165, 1.54) is 18.2 Å². The molecular weight excluding hydrogens is 207 g/mol. The van der Waals surface area contributed by atoms with Gasteiger partial charge in [-0.1, -0.05) is 12.1 Å². The van der Waals surface area contributed by atoms with Gasteiger partial charge in [-0.05, 0) is 12.1 Å². The second-order valence-electron chi connectivity index (χ2n) is 2.14. The van der Waals surface area contributed by atoms with Crippen LogP contribution < -0.4 is 9.57 Å². The van der Waals surface area contributed by atoms with Gasteiger partial charge in [-0.3, -0.25) is 4.84 Å². The molecule has 0 saturated carbocycles. The first kappa shape index (κ1) is 9.98. The Balaban J connectivity index is 2.87. The summed E-state index contributed by atoms with van der Waals surface area (Å²) in [6.45, 7) is 0. The van der Waals surface area contributed by atoms with Gasteiger partial charge in [0, 0.05) is 11.8 Å². The molecule has 2 nitrogen and oxygen atoms in total. The molecule has 0 saturated heterocycles. The third-order valence-electron chi connectivity index (χ3n) is 1.21.